The third-order valence-electron chi connectivity index (χ3n) is 4.13. The fourth-order valence-electron chi connectivity index (χ4n) is 3.01. The summed E-state index contributed by atoms with van der Waals surface area (Å²) in [5.41, 5.74) is 0. The number of piperidine rings is 1. The first-order valence-corrected chi connectivity index (χ1v) is 6.92. The van der Waals surface area contributed by atoms with Crippen molar-refractivity contribution in [3.05, 3.63) is 0 Å². The SMILES string of the molecule is CNC1CCCN(CC(C)N2CCCC2)C1=O. The van der Waals surface area contributed by atoms with Crippen LogP contribution in [0.2, 0.25) is 0 Å². The Morgan fingerprint density at radius 2 is 2.00 bits per heavy atom. The molecule has 4 heteroatoms. The van der Waals surface area contributed by atoms with Crippen LogP contribution in [-0.4, -0.2) is 61.0 Å². The molecule has 2 saturated heterocycles. The molecule has 1 amide bonds. The standard InChI is InChI=1S/C13H25N3O/c1-11(15-7-3-4-8-15)10-16-9-5-6-12(14-2)13(16)17/h11-12,14H,3-10H2,1-2H3. The molecular formula is C13H25N3O. The lowest BCUT2D eigenvalue weighted by molar-refractivity contribution is -0.136. The summed E-state index contributed by atoms with van der Waals surface area (Å²) in [6, 6.07) is 0.562. The molecule has 2 aliphatic rings. The van der Waals surface area contributed by atoms with Crippen LogP contribution in [0.1, 0.15) is 32.6 Å². The van der Waals surface area contributed by atoms with Gasteiger partial charge in [-0.2, -0.15) is 0 Å². The number of carbonyl (C=O) groups excluding carboxylic acids is 1. The molecule has 0 saturated carbocycles. The number of carbonyl (C=O) groups is 1. The number of likely N-dealkylation sites (tertiary alicyclic amines) is 2. The third kappa shape index (κ3) is 2.99. The molecule has 2 aliphatic heterocycles. The first-order chi connectivity index (χ1) is 8.22. The van der Waals surface area contributed by atoms with Crippen LogP contribution in [0.25, 0.3) is 0 Å². The van der Waals surface area contributed by atoms with E-state index in [0.29, 0.717) is 11.9 Å². The molecule has 1 N–H and O–H groups in total. The van der Waals surface area contributed by atoms with Crippen molar-refractivity contribution >= 4 is 5.91 Å². The second-order valence-corrected chi connectivity index (χ2v) is 5.36. The van der Waals surface area contributed by atoms with E-state index < -0.39 is 0 Å². The molecule has 98 valence electrons. The predicted molar refractivity (Wildman–Crippen MR) is 68.9 cm³/mol. The van der Waals surface area contributed by atoms with Crippen molar-refractivity contribution in [2.75, 3.05) is 33.2 Å². The van der Waals surface area contributed by atoms with Gasteiger partial charge in [0.25, 0.3) is 0 Å². The Morgan fingerprint density at radius 1 is 1.29 bits per heavy atom. The minimum absolute atomic E-state index is 0.0505. The highest BCUT2D eigenvalue weighted by Gasteiger charge is 2.29. The van der Waals surface area contributed by atoms with Gasteiger partial charge in [0.15, 0.2) is 0 Å². The molecule has 2 unspecified atom stereocenters. The Hall–Kier alpha value is -0.610. The maximum atomic E-state index is 12.2. The first kappa shape index (κ1) is 12.8. The van der Waals surface area contributed by atoms with E-state index >= 15 is 0 Å². The highest BCUT2D eigenvalue weighted by molar-refractivity contribution is 5.82. The fourth-order valence-corrected chi connectivity index (χ4v) is 3.01. The number of nitrogens with one attached hydrogen (secondary N) is 1. The Kier molecular flexibility index (Phi) is 4.40. The van der Waals surface area contributed by atoms with E-state index in [9.17, 15) is 4.79 Å². The zero-order valence-electron chi connectivity index (χ0n) is 11.1. The Labute approximate surface area is 104 Å². The number of hydrogen-bond donors (Lipinski definition) is 1. The van der Waals surface area contributed by atoms with Crippen LogP contribution >= 0.6 is 0 Å². The van der Waals surface area contributed by atoms with E-state index in [1.165, 1.54) is 25.9 Å². The van der Waals surface area contributed by atoms with Crippen molar-refractivity contribution in [3.63, 3.8) is 0 Å². The molecule has 4 nitrogen and oxygen atoms in total. The van der Waals surface area contributed by atoms with E-state index in [4.69, 9.17) is 0 Å². The molecule has 0 bridgehead atoms. The lowest BCUT2D eigenvalue weighted by atomic mass is 10.0. The highest BCUT2D eigenvalue weighted by Crippen LogP contribution is 2.16. The normalized spacial score (nSPS) is 28.7. The Balaban J connectivity index is 1.86. The maximum absolute atomic E-state index is 12.2. The van der Waals surface area contributed by atoms with Gasteiger partial charge in [-0.25, -0.2) is 0 Å². The summed E-state index contributed by atoms with van der Waals surface area (Å²) in [7, 11) is 1.88. The predicted octanol–water partition coefficient (Wildman–Crippen LogP) is 0.681. The van der Waals surface area contributed by atoms with Gasteiger partial charge in [0.2, 0.25) is 5.91 Å². The second-order valence-electron chi connectivity index (χ2n) is 5.36. The largest absolute Gasteiger partial charge is 0.340 e. The van der Waals surface area contributed by atoms with Crippen molar-refractivity contribution in [3.8, 4) is 0 Å². The highest BCUT2D eigenvalue weighted by atomic mass is 16.2. The van der Waals surface area contributed by atoms with E-state index in [2.05, 4.69) is 17.1 Å². The lowest BCUT2D eigenvalue weighted by Gasteiger charge is -2.36. The topological polar surface area (TPSA) is 35.6 Å². The van der Waals surface area contributed by atoms with Crippen LogP contribution in [0, 0.1) is 0 Å². The van der Waals surface area contributed by atoms with Crippen LogP contribution in [-0.2, 0) is 4.79 Å². The van der Waals surface area contributed by atoms with Crippen LogP contribution < -0.4 is 5.32 Å². The van der Waals surface area contributed by atoms with Crippen LogP contribution in [0.5, 0.6) is 0 Å². The summed E-state index contributed by atoms with van der Waals surface area (Å²) in [6.07, 6.45) is 4.75. The summed E-state index contributed by atoms with van der Waals surface area (Å²) in [5, 5.41) is 3.12. The summed E-state index contributed by atoms with van der Waals surface area (Å²) in [6.45, 7) is 6.51. The number of hydrogen-bond acceptors (Lipinski definition) is 3. The third-order valence-corrected chi connectivity index (χ3v) is 4.13. The molecule has 0 aromatic heterocycles. The molecule has 2 atom stereocenters. The average molecular weight is 239 g/mol. The van der Waals surface area contributed by atoms with Gasteiger partial charge in [-0.3, -0.25) is 9.69 Å². The van der Waals surface area contributed by atoms with Crippen LogP contribution in [0.4, 0.5) is 0 Å². The van der Waals surface area contributed by atoms with Crippen molar-refractivity contribution < 1.29 is 4.79 Å². The molecule has 2 rings (SSSR count). The van der Waals surface area contributed by atoms with E-state index in [1.807, 2.05) is 11.9 Å². The number of amides is 1. The minimum Gasteiger partial charge on any atom is -0.340 e. The molecule has 2 fully saturated rings. The monoisotopic (exact) mass is 239 g/mol. The van der Waals surface area contributed by atoms with Gasteiger partial charge >= 0.3 is 0 Å². The molecule has 0 aromatic carbocycles. The van der Waals surface area contributed by atoms with Gasteiger partial charge < -0.3 is 10.2 Å². The molecule has 0 aromatic rings. The summed E-state index contributed by atoms with van der Waals surface area (Å²) in [4.78, 5) is 16.7. The zero-order valence-corrected chi connectivity index (χ0v) is 11.1. The van der Waals surface area contributed by atoms with Gasteiger partial charge in [-0.05, 0) is 52.7 Å². The molecular weight excluding hydrogens is 214 g/mol. The average Bonchev–Trinajstić information content (AvgIpc) is 2.85. The molecule has 0 radical (unpaired) electrons. The molecule has 0 spiro atoms. The van der Waals surface area contributed by atoms with Gasteiger partial charge in [0.1, 0.15) is 0 Å². The summed E-state index contributed by atoms with van der Waals surface area (Å²) in [5.74, 6) is 0.296. The zero-order chi connectivity index (χ0) is 12.3. The van der Waals surface area contributed by atoms with E-state index in [0.717, 1.165) is 25.9 Å². The van der Waals surface area contributed by atoms with Crippen molar-refractivity contribution in [2.45, 2.75) is 44.7 Å². The molecule has 17 heavy (non-hydrogen) atoms. The summed E-state index contributed by atoms with van der Waals surface area (Å²) >= 11 is 0. The number of likely N-dealkylation sites (N-methyl/N-ethyl adjacent to an activating group) is 1. The van der Waals surface area contributed by atoms with Crippen molar-refractivity contribution in [2.24, 2.45) is 0 Å². The van der Waals surface area contributed by atoms with Gasteiger partial charge in [-0.15, -0.1) is 0 Å². The lowest BCUT2D eigenvalue weighted by Crippen LogP contribution is -2.53. The Bertz CT molecular complexity index is 263. The second kappa shape index (κ2) is 5.83. The van der Waals surface area contributed by atoms with E-state index in [-0.39, 0.29) is 6.04 Å². The quantitative estimate of drug-likeness (QED) is 0.784. The molecule has 0 aliphatic carbocycles. The van der Waals surface area contributed by atoms with E-state index in [1.54, 1.807) is 0 Å². The van der Waals surface area contributed by atoms with Crippen LogP contribution in [0.15, 0.2) is 0 Å². The van der Waals surface area contributed by atoms with Gasteiger partial charge in [-0.1, -0.05) is 0 Å². The first-order valence-electron chi connectivity index (χ1n) is 6.92. The van der Waals surface area contributed by atoms with Crippen LogP contribution in [0.3, 0.4) is 0 Å². The van der Waals surface area contributed by atoms with Gasteiger partial charge in [0, 0.05) is 19.1 Å². The minimum atomic E-state index is 0.0505. The molecule has 2 heterocycles. The summed E-state index contributed by atoms with van der Waals surface area (Å²) < 4.78 is 0. The smallest absolute Gasteiger partial charge is 0.239 e. The fraction of sp³-hybridized carbons (Fsp3) is 0.923. The number of rotatable bonds is 4. The maximum Gasteiger partial charge on any atom is 0.239 e. The Morgan fingerprint density at radius 3 is 2.65 bits per heavy atom. The van der Waals surface area contributed by atoms with Crippen molar-refractivity contribution in [1.82, 2.24) is 15.1 Å². The number of nitrogens with zero attached hydrogens (tertiary/aromatic N) is 2. The van der Waals surface area contributed by atoms with Crippen molar-refractivity contribution in [1.29, 1.82) is 0 Å². The van der Waals surface area contributed by atoms with Gasteiger partial charge in [0.05, 0.1) is 6.04 Å².